The topological polar surface area (TPSA) is 100.0 Å². The molecule has 9 heteroatoms. The first-order chi connectivity index (χ1) is 15.0. The standard InChI is InChI=1S/C22H29N3O6/c1-4-31-22(28)15-7-10-24(11-8-15)20(26)6-5-9-25-14-23-17-13-19(30-3)18(29-2)12-16(17)21(25)27/h12-15H,4-11H2,1-3H3. The van der Waals surface area contributed by atoms with Crippen LogP contribution in [0.4, 0.5) is 0 Å². The summed E-state index contributed by atoms with van der Waals surface area (Å²) in [6.45, 7) is 3.67. The van der Waals surface area contributed by atoms with E-state index in [0.717, 1.165) is 0 Å². The molecule has 1 saturated heterocycles. The Morgan fingerprint density at radius 2 is 1.81 bits per heavy atom. The van der Waals surface area contributed by atoms with E-state index < -0.39 is 0 Å². The first-order valence-corrected chi connectivity index (χ1v) is 10.5. The summed E-state index contributed by atoms with van der Waals surface area (Å²) in [4.78, 5) is 43.3. The van der Waals surface area contributed by atoms with Gasteiger partial charge in [-0.3, -0.25) is 19.0 Å². The van der Waals surface area contributed by atoms with Gasteiger partial charge in [0, 0.05) is 32.1 Å². The summed E-state index contributed by atoms with van der Waals surface area (Å²) in [5.74, 6) is 0.717. The lowest BCUT2D eigenvalue weighted by Crippen LogP contribution is -2.40. The van der Waals surface area contributed by atoms with Gasteiger partial charge < -0.3 is 19.1 Å². The van der Waals surface area contributed by atoms with Gasteiger partial charge in [0.05, 0.1) is 44.0 Å². The fourth-order valence-corrected chi connectivity index (χ4v) is 3.83. The van der Waals surface area contributed by atoms with Crippen molar-refractivity contribution in [2.75, 3.05) is 33.9 Å². The molecule has 2 aromatic rings. The molecular weight excluding hydrogens is 402 g/mol. The maximum absolute atomic E-state index is 12.8. The van der Waals surface area contributed by atoms with Crippen LogP contribution in [0.25, 0.3) is 10.9 Å². The Labute approximate surface area is 180 Å². The van der Waals surface area contributed by atoms with Crippen LogP contribution in [0.2, 0.25) is 0 Å². The molecule has 0 unspecified atom stereocenters. The SMILES string of the molecule is CCOC(=O)C1CCN(C(=O)CCCn2cnc3cc(OC)c(OC)cc3c2=O)CC1. The number of hydrogen-bond donors (Lipinski definition) is 0. The van der Waals surface area contributed by atoms with Crippen molar-refractivity contribution in [3.63, 3.8) is 0 Å². The Morgan fingerprint density at radius 1 is 1.13 bits per heavy atom. The number of carbonyl (C=O) groups excluding carboxylic acids is 2. The van der Waals surface area contributed by atoms with Crippen LogP contribution in [-0.2, 0) is 20.9 Å². The lowest BCUT2D eigenvalue weighted by atomic mass is 9.97. The van der Waals surface area contributed by atoms with E-state index in [4.69, 9.17) is 14.2 Å². The number of nitrogens with zero attached hydrogens (tertiary/aromatic N) is 3. The van der Waals surface area contributed by atoms with Crippen LogP contribution in [-0.4, -0.2) is 60.2 Å². The molecule has 2 heterocycles. The van der Waals surface area contributed by atoms with Crippen molar-refractivity contribution in [3.05, 3.63) is 28.8 Å². The quantitative estimate of drug-likeness (QED) is 0.589. The van der Waals surface area contributed by atoms with Crippen molar-refractivity contribution < 1.29 is 23.8 Å². The van der Waals surface area contributed by atoms with E-state index in [-0.39, 0.29) is 23.4 Å². The molecule has 0 bridgehead atoms. The summed E-state index contributed by atoms with van der Waals surface area (Å²) < 4.78 is 17.1. The first-order valence-electron chi connectivity index (χ1n) is 10.5. The molecule has 0 saturated carbocycles. The zero-order chi connectivity index (χ0) is 22.4. The minimum absolute atomic E-state index is 0.0375. The maximum atomic E-state index is 12.8. The highest BCUT2D eigenvalue weighted by Crippen LogP contribution is 2.29. The smallest absolute Gasteiger partial charge is 0.309 e. The van der Waals surface area contributed by atoms with Crippen molar-refractivity contribution in [1.82, 2.24) is 14.5 Å². The van der Waals surface area contributed by atoms with Crippen LogP contribution in [0.15, 0.2) is 23.3 Å². The number of benzene rings is 1. The van der Waals surface area contributed by atoms with Gasteiger partial charge in [-0.05, 0) is 32.3 Å². The molecule has 168 valence electrons. The highest BCUT2D eigenvalue weighted by molar-refractivity contribution is 5.81. The van der Waals surface area contributed by atoms with Gasteiger partial charge in [0.15, 0.2) is 11.5 Å². The Bertz CT molecular complexity index is 995. The number of aromatic nitrogens is 2. The molecule has 1 fully saturated rings. The number of ether oxygens (including phenoxy) is 3. The molecule has 1 aromatic carbocycles. The number of esters is 1. The van der Waals surface area contributed by atoms with Gasteiger partial charge in [0.25, 0.3) is 5.56 Å². The number of piperidine rings is 1. The van der Waals surface area contributed by atoms with Gasteiger partial charge in [0.2, 0.25) is 5.91 Å². The second-order valence-corrected chi connectivity index (χ2v) is 7.48. The van der Waals surface area contributed by atoms with E-state index in [1.165, 1.54) is 25.1 Å². The number of fused-ring (bicyclic) bond motifs is 1. The van der Waals surface area contributed by atoms with Gasteiger partial charge in [0.1, 0.15) is 0 Å². The van der Waals surface area contributed by atoms with E-state index in [2.05, 4.69) is 4.98 Å². The molecule has 9 nitrogen and oxygen atoms in total. The summed E-state index contributed by atoms with van der Waals surface area (Å²) in [5.41, 5.74) is 0.341. The lowest BCUT2D eigenvalue weighted by molar-refractivity contribution is -0.151. The lowest BCUT2D eigenvalue weighted by Gasteiger charge is -2.31. The molecule has 0 atom stereocenters. The zero-order valence-corrected chi connectivity index (χ0v) is 18.3. The third-order valence-electron chi connectivity index (χ3n) is 5.59. The van der Waals surface area contributed by atoms with Crippen molar-refractivity contribution in [2.45, 2.75) is 39.2 Å². The summed E-state index contributed by atoms with van der Waals surface area (Å²) in [6, 6.07) is 3.29. The van der Waals surface area contributed by atoms with Crippen molar-refractivity contribution >= 4 is 22.8 Å². The van der Waals surface area contributed by atoms with Crippen molar-refractivity contribution in [3.8, 4) is 11.5 Å². The van der Waals surface area contributed by atoms with Crippen LogP contribution in [0.5, 0.6) is 11.5 Å². The van der Waals surface area contributed by atoms with E-state index in [9.17, 15) is 14.4 Å². The van der Waals surface area contributed by atoms with E-state index >= 15 is 0 Å². The Balaban J connectivity index is 1.57. The molecule has 1 aliphatic rings. The largest absolute Gasteiger partial charge is 0.493 e. The zero-order valence-electron chi connectivity index (χ0n) is 18.3. The first kappa shape index (κ1) is 22.6. The van der Waals surface area contributed by atoms with Crippen LogP contribution in [0, 0.1) is 5.92 Å². The number of rotatable bonds is 8. The molecule has 1 aromatic heterocycles. The van der Waals surface area contributed by atoms with Gasteiger partial charge in [-0.2, -0.15) is 0 Å². The third-order valence-corrected chi connectivity index (χ3v) is 5.59. The Hall–Kier alpha value is -3.10. The van der Waals surface area contributed by atoms with Crippen LogP contribution < -0.4 is 15.0 Å². The normalized spacial score (nSPS) is 14.5. The molecule has 0 radical (unpaired) electrons. The second kappa shape index (κ2) is 10.3. The minimum Gasteiger partial charge on any atom is -0.493 e. The van der Waals surface area contributed by atoms with Gasteiger partial charge in [-0.15, -0.1) is 0 Å². The van der Waals surface area contributed by atoms with E-state index in [1.807, 2.05) is 0 Å². The highest BCUT2D eigenvalue weighted by Gasteiger charge is 2.27. The van der Waals surface area contributed by atoms with Gasteiger partial charge in [-0.1, -0.05) is 0 Å². The molecule has 1 amide bonds. The average molecular weight is 431 g/mol. The fraction of sp³-hybridized carbons (Fsp3) is 0.545. The molecule has 0 aliphatic carbocycles. The van der Waals surface area contributed by atoms with Gasteiger partial charge >= 0.3 is 5.97 Å². The van der Waals surface area contributed by atoms with Crippen LogP contribution in [0.3, 0.4) is 0 Å². The monoisotopic (exact) mass is 431 g/mol. The third kappa shape index (κ3) is 5.15. The number of hydrogen-bond acceptors (Lipinski definition) is 7. The van der Waals surface area contributed by atoms with Gasteiger partial charge in [-0.25, -0.2) is 4.98 Å². The number of aryl methyl sites for hydroxylation is 1. The predicted octanol–water partition coefficient (Wildman–Crippen LogP) is 2.00. The van der Waals surface area contributed by atoms with Crippen LogP contribution >= 0.6 is 0 Å². The number of likely N-dealkylation sites (tertiary alicyclic amines) is 1. The summed E-state index contributed by atoms with van der Waals surface area (Å²) in [5, 5.41) is 0.438. The average Bonchev–Trinajstić information content (AvgIpc) is 2.80. The van der Waals surface area contributed by atoms with E-state index in [0.29, 0.717) is 74.3 Å². The molecule has 3 rings (SSSR count). The second-order valence-electron chi connectivity index (χ2n) is 7.48. The Morgan fingerprint density at radius 3 is 2.45 bits per heavy atom. The predicted molar refractivity (Wildman–Crippen MR) is 114 cm³/mol. The summed E-state index contributed by atoms with van der Waals surface area (Å²) >= 11 is 0. The number of carbonyl (C=O) groups is 2. The molecule has 1 aliphatic heterocycles. The van der Waals surface area contributed by atoms with Crippen LogP contribution in [0.1, 0.15) is 32.6 Å². The molecular formula is C22H29N3O6. The summed E-state index contributed by atoms with van der Waals surface area (Å²) in [7, 11) is 3.04. The number of amides is 1. The fourth-order valence-electron chi connectivity index (χ4n) is 3.83. The van der Waals surface area contributed by atoms with E-state index in [1.54, 1.807) is 24.0 Å². The number of methoxy groups -OCH3 is 2. The highest BCUT2D eigenvalue weighted by atomic mass is 16.5. The minimum atomic E-state index is -0.186. The van der Waals surface area contributed by atoms with Crippen molar-refractivity contribution in [1.29, 1.82) is 0 Å². The molecule has 0 spiro atoms. The van der Waals surface area contributed by atoms with Crippen molar-refractivity contribution in [2.24, 2.45) is 5.92 Å². The maximum Gasteiger partial charge on any atom is 0.309 e. The molecule has 31 heavy (non-hydrogen) atoms. The Kier molecular flexibility index (Phi) is 7.49. The summed E-state index contributed by atoms with van der Waals surface area (Å²) in [6.07, 6.45) is 3.61. The molecule has 0 N–H and O–H groups in total.